The molecule has 4 N–H and O–H groups in total. The molecule has 38 heavy (non-hydrogen) atoms. The maximum Gasteiger partial charge on any atom is 0.407 e. The summed E-state index contributed by atoms with van der Waals surface area (Å²) < 4.78 is 27.3. The monoisotopic (exact) mass is 570 g/mol. The Bertz CT molecular complexity index is 1360. The highest BCUT2D eigenvalue weighted by atomic mass is 32.2. The Labute approximate surface area is 230 Å². The van der Waals surface area contributed by atoms with Gasteiger partial charge in [-0.3, -0.25) is 14.1 Å². The Morgan fingerprint density at radius 3 is 2.39 bits per heavy atom. The van der Waals surface area contributed by atoms with E-state index in [9.17, 15) is 13.8 Å². The Morgan fingerprint density at radius 1 is 1.00 bits per heavy atom. The highest BCUT2D eigenvalue weighted by Gasteiger charge is 2.26. The van der Waals surface area contributed by atoms with Crippen molar-refractivity contribution < 1.29 is 23.1 Å². The predicted molar refractivity (Wildman–Crippen MR) is 150 cm³/mol. The minimum absolute atomic E-state index is 0.283. The number of hydrogen-bond donors (Lipinski definition) is 4. The van der Waals surface area contributed by atoms with Crippen LogP contribution in [0.15, 0.2) is 76.8 Å². The summed E-state index contributed by atoms with van der Waals surface area (Å²) in [5.74, 6) is -0.370. The first kappa shape index (κ1) is 27.5. The number of amides is 2. The molecule has 3 atom stereocenters. The highest BCUT2D eigenvalue weighted by Crippen LogP contribution is 2.29. The summed E-state index contributed by atoms with van der Waals surface area (Å²) in [4.78, 5) is 30.3. The highest BCUT2D eigenvalue weighted by molar-refractivity contribution is 7.80. The van der Waals surface area contributed by atoms with Crippen LogP contribution < -0.4 is 15.4 Å². The molecule has 4 aromatic rings. The van der Waals surface area contributed by atoms with Gasteiger partial charge < -0.3 is 15.4 Å². The number of rotatable bonds is 11. The van der Waals surface area contributed by atoms with Crippen LogP contribution in [0, 0.1) is 0 Å². The van der Waals surface area contributed by atoms with E-state index in [1.807, 2.05) is 64.7 Å². The third kappa shape index (κ3) is 7.71. The molecular weight excluding hydrogens is 545 g/mol. The van der Waals surface area contributed by atoms with Crippen LogP contribution in [-0.4, -0.2) is 38.9 Å². The number of nitrogens with one attached hydrogen (secondary N) is 3. The van der Waals surface area contributed by atoms with E-state index < -0.39 is 29.4 Å². The Hall–Kier alpha value is -3.58. The number of thiophene rings is 1. The predicted octanol–water partition coefficient (Wildman–Crippen LogP) is 4.79. The van der Waals surface area contributed by atoms with Crippen molar-refractivity contribution in [1.82, 2.24) is 15.6 Å². The van der Waals surface area contributed by atoms with Gasteiger partial charge in [-0.05, 0) is 41.1 Å². The standard InChI is InChI=1S/C26H26N4O5S3/c1-35-26(32)29-21(13-17-5-3-2-4-6-17)24(31)27-22(14-18-7-9-20(10-8-18)30-38(33)34)25-28-23(16-37-25)19-11-12-36-15-19/h2-12,15-16,21-22,30H,13-14H2,1H3,(H,27,31)(H,29,32)(H,33,34)/t21-,22-/m0/s1. The molecule has 2 amide bonds. The molecule has 0 aliphatic carbocycles. The average molecular weight is 571 g/mol. The normalized spacial score (nSPS) is 13.2. The number of methoxy groups -OCH3 is 1. The minimum atomic E-state index is -2.17. The Kier molecular flexibility index (Phi) is 9.60. The van der Waals surface area contributed by atoms with Gasteiger partial charge in [0.05, 0.1) is 18.8 Å². The SMILES string of the molecule is COC(=O)N[C@@H](Cc1ccccc1)C(=O)N[C@@H](Cc1ccc(NS(=O)O)cc1)c1nc(-c2ccsc2)cs1. The molecule has 198 valence electrons. The van der Waals surface area contributed by atoms with E-state index in [2.05, 4.69) is 15.4 Å². The lowest BCUT2D eigenvalue weighted by Crippen LogP contribution is -2.49. The molecule has 2 heterocycles. The summed E-state index contributed by atoms with van der Waals surface area (Å²) in [6.45, 7) is 0. The molecule has 0 bridgehead atoms. The van der Waals surface area contributed by atoms with Crippen molar-refractivity contribution in [3.05, 3.63) is 92.9 Å². The van der Waals surface area contributed by atoms with Crippen molar-refractivity contribution >= 4 is 51.6 Å². The number of hydrogen-bond acceptors (Lipinski definition) is 7. The summed E-state index contributed by atoms with van der Waals surface area (Å²) in [7, 11) is 1.25. The van der Waals surface area contributed by atoms with Gasteiger partial charge in [0.1, 0.15) is 11.0 Å². The molecular formula is C26H26N4O5S3. The van der Waals surface area contributed by atoms with Crippen molar-refractivity contribution in [3.63, 3.8) is 0 Å². The molecule has 0 fully saturated rings. The zero-order chi connectivity index (χ0) is 26.9. The van der Waals surface area contributed by atoms with E-state index in [4.69, 9.17) is 14.3 Å². The van der Waals surface area contributed by atoms with E-state index >= 15 is 0 Å². The van der Waals surface area contributed by atoms with Gasteiger partial charge in [-0.25, -0.2) is 14.0 Å². The number of alkyl carbamates (subject to hydrolysis) is 1. The van der Waals surface area contributed by atoms with Gasteiger partial charge in [0.15, 0.2) is 0 Å². The fourth-order valence-corrected chi connectivity index (χ4v) is 5.63. The van der Waals surface area contributed by atoms with Gasteiger partial charge in [0.2, 0.25) is 5.91 Å². The number of aromatic nitrogens is 1. The van der Waals surface area contributed by atoms with Crippen LogP contribution in [0.5, 0.6) is 0 Å². The molecule has 0 aliphatic rings. The average Bonchev–Trinajstić information content (AvgIpc) is 3.62. The van der Waals surface area contributed by atoms with Crippen LogP contribution in [0.3, 0.4) is 0 Å². The van der Waals surface area contributed by atoms with Gasteiger partial charge in [-0.1, -0.05) is 42.5 Å². The van der Waals surface area contributed by atoms with Crippen molar-refractivity contribution in [2.24, 2.45) is 0 Å². The smallest absolute Gasteiger partial charge is 0.407 e. The second kappa shape index (κ2) is 13.3. The van der Waals surface area contributed by atoms with E-state index in [0.29, 0.717) is 12.1 Å². The number of carbonyl (C=O) groups is 2. The topological polar surface area (TPSA) is 130 Å². The third-order valence-corrected chi connectivity index (χ3v) is 7.68. The first-order valence-electron chi connectivity index (χ1n) is 11.5. The van der Waals surface area contributed by atoms with E-state index in [1.165, 1.54) is 18.4 Å². The van der Waals surface area contributed by atoms with Crippen molar-refractivity contribution in [2.75, 3.05) is 11.8 Å². The maximum atomic E-state index is 13.5. The summed E-state index contributed by atoms with van der Waals surface area (Å²) in [6, 6.07) is 17.1. The lowest BCUT2D eigenvalue weighted by atomic mass is 10.0. The van der Waals surface area contributed by atoms with Crippen molar-refractivity contribution in [2.45, 2.75) is 24.9 Å². The Balaban J connectivity index is 1.58. The molecule has 12 heteroatoms. The van der Waals surface area contributed by atoms with Crippen LogP contribution in [0.25, 0.3) is 11.3 Å². The molecule has 0 spiro atoms. The van der Waals surface area contributed by atoms with Crippen LogP contribution in [0.4, 0.5) is 10.5 Å². The summed E-state index contributed by atoms with van der Waals surface area (Å²) in [6.07, 6.45) is 0.00252. The summed E-state index contributed by atoms with van der Waals surface area (Å²) in [5, 5.41) is 12.4. The molecule has 0 saturated carbocycles. The lowest BCUT2D eigenvalue weighted by Gasteiger charge is -2.22. The van der Waals surface area contributed by atoms with Crippen LogP contribution in [-0.2, 0) is 33.6 Å². The number of anilines is 1. The molecule has 1 unspecified atom stereocenters. The van der Waals surface area contributed by atoms with Crippen LogP contribution in [0.2, 0.25) is 0 Å². The molecule has 2 aromatic heterocycles. The first-order chi connectivity index (χ1) is 18.4. The molecule has 0 saturated heterocycles. The lowest BCUT2D eigenvalue weighted by molar-refractivity contribution is -0.123. The molecule has 2 aromatic carbocycles. The first-order valence-corrected chi connectivity index (χ1v) is 14.5. The fourth-order valence-electron chi connectivity index (χ4n) is 3.77. The number of nitrogens with zero attached hydrogens (tertiary/aromatic N) is 1. The second-order valence-corrected chi connectivity index (χ2v) is 10.6. The van der Waals surface area contributed by atoms with Crippen LogP contribution >= 0.6 is 22.7 Å². The quantitative estimate of drug-likeness (QED) is 0.192. The molecule has 4 rings (SSSR count). The number of ether oxygens (including phenoxy) is 1. The molecule has 9 nitrogen and oxygen atoms in total. The number of benzene rings is 2. The van der Waals surface area contributed by atoms with Gasteiger partial charge in [0, 0.05) is 28.4 Å². The van der Waals surface area contributed by atoms with E-state index in [-0.39, 0.29) is 12.3 Å². The zero-order valence-corrected chi connectivity index (χ0v) is 22.8. The van der Waals surface area contributed by atoms with E-state index in [1.54, 1.807) is 23.5 Å². The number of carbonyl (C=O) groups excluding carboxylic acids is 2. The maximum absolute atomic E-state index is 13.5. The van der Waals surface area contributed by atoms with Gasteiger partial charge in [-0.15, -0.1) is 11.3 Å². The van der Waals surface area contributed by atoms with Gasteiger partial charge in [-0.2, -0.15) is 11.3 Å². The second-order valence-electron chi connectivity index (χ2n) is 8.27. The van der Waals surface area contributed by atoms with Gasteiger partial charge >= 0.3 is 6.09 Å². The molecule has 0 radical (unpaired) electrons. The fraction of sp³-hybridized carbons (Fsp3) is 0.192. The van der Waals surface area contributed by atoms with Gasteiger partial charge in [0.25, 0.3) is 11.3 Å². The third-order valence-electron chi connectivity index (χ3n) is 5.63. The summed E-state index contributed by atoms with van der Waals surface area (Å²) in [5.41, 5.74) is 4.10. The van der Waals surface area contributed by atoms with Crippen molar-refractivity contribution in [1.29, 1.82) is 0 Å². The minimum Gasteiger partial charge on any atom is -0.453 e. The largest absolute Gasteiger partial charge is 0.453 e. The Morgan fingerprint density at radius 2 is 1.74 bits per heavy atom. The van der Waals surface area contributed by atoms with Crippen LogP contribution in [0.1, 0.15) is 22.2 Å². The zero-order valence-electron chi connectivity index (χ0n) is 20.3. The molecule has 0 aliphatic heterocycles. The van der Waals surface area contributed by atoms with E-state index in [0.717, 1.165) is 27.4 Å². The summed E-state index contributed by atoms with van der Waals surface area (Å²) >= 11 is 0.854. The number of thiazole rings is 1. The van der Waals surface area contributed by atoms with Crippen molar-refractivity contribution in [3.8, 4) is 11.3 Å².